The Morgan fingerprint density at radius 2 is 2.11 bits per heavy atom. The molecule has 1 N–H and O–H groups in total. The van der Waals surface area contributed by atoms with Crippen LogP contribution >= 0.6 is 0 Å². The number of halogens is 2. The Bertz CT molecular complexity index is 315. The zero-order valence-corrected chi connectivity index (χ0v) is 10.6. The lowest BCUT2D eigenvalue weighted by molar-refractivity contribution is -0.144. The Morgan fingerprint density at radius 1 is 1.44 bits per heavy atom. The first-order valence-corrected chi connectivity index (χ1v) is 6.47. The largest absolute Gasteiger partial charge is 0.392 e. The van der Waals surface area contributed by atoms with Crippen molar-refractivity contribution in [1.82, 2.24) is 0 Å². The normalized spacial score (nSPS) is 24.6. The van der Waals surface area contributed by atoms with Crippen LogP contribution in [-0.2, 0) is 9.59 Å². The Kier molecular flexibility index (Phi) is 5.38. The highest BCUT2D eigenvalue weighted by atomic mass is 19.3. The molecular formula is C13H20F2O3. The summed E-state index contributed by atoms with van der Waals surface area (Å²) in [7, 11) is 0. The molecule has 0 saturated heterocycles. The van der Waals surface area contributed by atoms with E-state index < -0.39 is 24.2 Å². The van der Waals surface area contributed by atoms with Crippen LogP contribution in [0.1, 0.15) is 51.9 Å². The average Bonchev–Trinajstić information content (AvgIpc) is 2.62. The van der Waals surface area contributed by atoms with Crippen molar-refractivity contribution >= 4 is 11.6 Å². The lowest BCUT2D eigenvalue weighted by Gasteiger charge is -2.17. The average molecular weight is 262 g/mol. The van der Waals surface area contributed by atoms with Gasteiger partial charge in [0.1, 0.15) is 5.78 Å². The van der Waals surface area contributed by atoms with Crippen LogP contribution in [0.25, 0.3) is 0 Å². The molecule has 1 fully saturated rings. The minimum atomic E-state index is -3.26. The molecule has 104 valence electrons. The highest BCUT2D eigenvalue weighted by Crippen LogP contribution is 2.30. The molecule has 0 unspecified atom stereocenters. The van der Waals surface area contributed by atoms with E-state index in [2.05, 4.69) is 0 Å². The molecule has 0 radical (unpaired) electrons. The van der Waals surface area contributed by atoms with E-state index in [0.29, 0.717) is 12.8 Å². The Labute approximate surface area is 106 Å². The van der Waals surface area contributed by atoms with Gasteiger partial charge in [0.2, 0.25) is 5.78 Å². The number of carbonyl (C=O) groups excluding carboxylic acids is 2. The molecule has 2 atom stereocenters. The summed E-state index contributed by atoms with van der Waals surface area (Å²) < 4.78 is 26.7. The Hall–Kier alpha value is -0.840. The van der Waals surface area contributed by atoms with Crippen molar-refractivity contribution in [2.45, 2.75) is 63.9 Å². The molecule has 1 aliphatic carbocycles. The number of alkyl halides is 2. The van der Waals surface area contributed by atoms with E-state index in [9.17, 15) is 23.5 Å². The highest BCUT2D eigenvalue weighted by molar-refractivity contribution is 5.86. The summed E-state index contributed by atoms with van der Waals surface area (Å²) in [5.41, 5.74) is 0. The van der Waals surface area contributed by atoms with Crippen LogP contribution in [-0.4, -0.2) is 28.7 Å². The molecule has 0 aromatic rings. The lowest BCUT2D eigenvalue weighted by atomic mass is 9.95. The van der Waals surface area contributed by atoms with Crippen LogP contribution in [0.2, 0.25) is 0 Å². The van der Waals surface area contributed by atoms with E-state index in [0.717, 1.165) is 0 Å². The number of aliphatic hydroxyl groups is 1. The number of ketones is 2. The molecule has 0 amide bonds. The molecule has 5 heteroatoms. The maximum atomic E-state index is 13.4. The zero-order valence-electron chi connectivity index (χ0n) is 10.6. The van der Waals surface area contributed by atoms with Crippen molar-refractivity contribution in [2.24, 2.45) is 5.92 Å². The molecule has 3 nitrogen and oxygen atoms in total. The van der Waals surface area contributed by atoms with Crippen molar-refractivity contribution in [1.29, 1.82) is 0 Å². The maximum Gasteiger partial charge on any atom is 0.305 e. The second-order valence-corrected chi connectivity index (χ2v) is 5.04. The van der Waals surface area contributed by atoms with Gasteiger partial charge in [-0.15, -0.1) is 0 Å². The van der Waals surface area contributed by atoms with E-state index in [4.69, 9.17) is 0 Å². The van der Waals surface area contributed by atoms with E-state index in [-0.39, 0.29) is 37.4 Å². The van der Waals surface area contributed by atoms with Crippen LogP contribution in [0, 0.1) is 5.92 Å². The smallest absolute Gasteiger partial charge is 0.305 e. The zero-order chi connectivity index (χ0) is 13.8. The van der Waals surface area contributed by atoms with E-state index in [1.165, 1.54) is 0 Å². The van der Waals surface area contributed by atoms with Gasteiger partial charge < -0.3 is 5.11 Å². The third-order valence-electron chi connectivity index (χ3n) is 3.47. The molecule has 0 aliphatic heterocycles. The lowest BCUT2D eigenvalue weighted by Crippen LogP contribution is -2.29. The van der Waals surface area contributed by atoms with Gasteiger partial charge in [0.05, 0.1) is 6.10 Å². The SMILES string of the molecule is CCCCC(F)(F)C(=O)CC[C@@H]1CC(=O)C[C@H]1O. The van der Waals surface area contributed by atoms with Gasteiger partial charge >= 0.3 is 5.92 Å². The number of hydrogen-bond donors (Lipinski definition) is 1. The summed E-state index contributed by atoms with van der Waals surface area (Å²) in [5.74, 6) is -4.72. The molecule has 1 rings (SSSR count). The van der Waals surface area contributed by atoms with Crippen molar-refractivity contribution in [3.63, 3.8) is 0 Å². The van der Waals surface area contributed by atoms with Gasteiger partial charge in [-0.2, -0.15) is 8.78 Å². The van der Waals surface area contributed by atoms with Gasteiger partial charge in [-0.3, -0.25) is 9.59 Å². The van der Waals surface area contributed by atoms with Crippen LogP contribution in [0.4, 0.5) is 8.78 Å². The molecule has 1 saturated carbocycles. The molecule has 0 heterocycles. The third kappa shape index (κ3) is 4.12. The van der Waals surface area contributed by atoms with Gasteiger partial charge in [0.25, 0.3) is 0 Å². The summed E-state index contributed by atoms with van der Waals surface area (Å²) in [6, 6.07) is 0. The number of unbranched alkanes of at least 4 members (excludes halogenated alkanes) is 1. The Morgan fingerprint density at radius 3 is 2.61 bits per heavy atom. The molecule has 0 spiro atoms. The first kappa shape index (κ1) is 15.2. The fraction of sp³-hybridized carbons (Fsp3) is 0.846. The van der Waals surface area contributed by atoms with Gasteiger partial charge in [0.15, 0.2) is 0 Å². The molecular weight excluding hydrogens is 242 g/mol. The number of hydrogen-bond acceptors (Lipinski definition) is 3. The molecule has 0 bridgehead atoms. The van der Waals surface area contributed by atoms with Gasteiger partial charge in [-0.05, 0) is 18.8 Å². The maximum absolute atomic E-state index is 13.4. The number of aliphatic hydroxyl groups excluding tert-OH is 1. The molecule has 1 aliphatic rings. The second-order valence-electron chi connectivity index (χ2n) is 5.04. The first-order chi connectivity index (χ1) is 8.36. The summed E-state index contributed by atoms with van der Waals surface area (Å²) in [6.07, 6.45) is -0.0232. The minimum absolute atomic E-state index is 0.0577. The van der Waals surface area contributed by atoms with Crippen molar-refractivity contribution in [3.8, 4) is 0 Å². The summed E-state index contributed by atoms with van der Waals surface area (Å²) in [5, 5.41) is 9.50. The predicted molar refractivity (Wildman–Crippen MR) is 62.5 cm³/mol. The minimum Gasteiger partial charge on any atom is -0.392 e. The van der Waals surface area contributed by atoms with E-state index >= 15 is 0 Å². The van der Waals surface area contributed by atoms with E-state index in [1.54, 1.807) is 6.92 Å². The van der Waals surface area contributed by atoms with Crippen LogP contribution in [0.15, 0.2) is 0 Å². The van der Waals surface area contributed by atoms with Crippen LogP contribution in [0.5, 0.6) is 0 Å². The highest BCUT2D eigenvalue weighted by Gasteiger charge is 2.38. The quantitative estimate of drug-likeness (QED) is 0.767. The summed E-state index contributed by atoms with van der Waals surface area (Å²) in [6.45, 7) is 1.79. The summed E-state index contributed by atoms with van der Waals surface area (Å²) in [4.78, 5) is 22.5. The van der Waals surface area contributed by atoms with E-state index in [1.807, 2.05) is 0 Å². The molecule has 0 aromatic heterocycles. The van der Waals surface area contributed by atoms with Crippen molar-refractivity contribution < 1.29 is 23.5 Å². The third-order valence-corrected chi connectivity index (χ3v) is 3.47. The van der Waals surface area contributed by atoms with Crippen LogP contribution in [0.3, 0.4) is 0 Å². The van der Waals surface area contributed by atoms with Crippen molar-refractivity contribution in [2.75, 3.05) is 0 Å². The number of Topliss-reactive ketones (excluding diaryl/α,β-unsaturated/α-hetero) is 2. The fourth-order valence-corrected chi connectivity index (χ4v) is 2.24. The molecule has 18 heavy (non-hydrogen) atoms. The van der Waals surface area contributed by atoms with Gasteiger partial charge in [-0.25, -0.2) is 0 Å². The number of carbonyl (C=O) groups is 2. The predicted octanol–water partition coefficient (Wildman–Crippen LogP) is 2.50. The molecule has 0 aromatic carbocycles. The monoisotopic (exact) mass is 262 g/mol. The first-order valence-electron chi connectivity index (χ1n) is 6.47. The van der Waals surface area contributed by atoms with Gasteiger partial charge in [-0.1, -0.05) is 13.3 Å². The standard InChI is InChI=1S/C13H20F2O3/c1-2-3-6-13(14,15)12(18)5-4-9-7-10(16)8-11(9)17/h9,11,17H,2-8H2,1H3/t9-,11-/m1/s1. The second kappa shape index (κ2) is 6.36. The van der Waals surface area contributed by atoms with Crippen molar-refractivity contribution in [3.05, 3.63) is 0 Å². The Balaban J connectivity index is 2.38. The number of rotatable bonds is 7. The fourth-order valence-electron chi connectivity index (χ4n) is 2.24. The van der Waals surface area contributed by atoms with Gasteiger partial charge in [0, 0.05) is 25.7 Å². The van der Waals surface area contributed by atoms with Crippen LogP contribution < -0.4 is 0 Å². The topological polar surface area (TPSA) is 54.4 Å². The summed E-state index contributed by atoms with van der Waals surface area (Å²) >= 11 is 0.